The van der Waals surface area contributed by atoms with E-state index in [0.29, 0.717) is 36.7 Å². The number of aromatic carboxylic acids is 1. The number of primary amides is 1. The van der Waals surface area contributed by atoms with Crippen molar-refractivity contribution < 1.29 is 19.1 Å². The van der Waals surface area contributed by atoms with Gasteiger partial charge in [0.05, 0.1) is 12.1 Å². The number of carbonyl (C=O) groups excluding carboxylic acids is 1. The van der Waals surface area contributed by atoms with Gasteiger partial charge >= 0.3 is 5.97 Å². The number of nitrogens with two attached hydrogens (primary N) is 1. The number of nitrogens with zero attached hydrogens (tertiary/aromatic N) is 2. The number of carbonyl (C=O) groups is 2. The molecule has 0 unspecified atom stereocenters. The van der Waals surface area contributed by atoms with E-state index in [4.69, 9.17) is 10.2 Å². The summed E-state index contributed by atoms with van der Waals surface area (Å²) in [5.74, 6) is -0.181. The molecule has 7 nitrogen and oxygen atoms in total. The molecule has 1 aliphatic heterocycles. The van der Waals surface area contributed by atoms with Gasteiger partial charge in [0.15, 0.2) is 0 Å². The summed E-state index contributed by atoms with van der Waals surface area (Å²) < 4.78 is 5.85. The molecule has 1 fully saturated rings. The molecule has 1 aromatic carbocycles. The maximum Gasteiger partial charge on any atom is 0.336 e. The summed E-state index contributed by atoms with van der Waals surface area (Å²) >= 11 is 0. The first-order valence-electron chi connectivity index (χ1n) is 8.09. The largest absolute Gasteiger partial charge is 0.478 e. The molecule has 1 atom stereocenters. The van der Waals surface area contributed by atoms with Gasteiger partial charge in [-0.25, -0.2) is 4.79 Å². The third kappa shape index (κ3) is 3.72. The summed E-state index contributed by atoms with van der Waals surface area (Å²) in [6, 6.07) is 9.92. The van der Waals surface area contributed by atoms with Gasteiger partial charge in [-0.05, 0) is 25.2 Å². The van der Waals surface area contributed by atoms with Crippen LogP contribution in [0.15, 0.2) is 40.8 Å². The Hall–Kier alpha value is -2.64. The van der Waals surface area contributed by atoms with E-state index >= 15 is 0 Å². The maximum absolute atomic E-state index is 11.7. The Morgan fingerprint density at radius 3 is 2.72 bits per heavy atom. The van der Waals surface area contributed by atoms with Crippen molar-refractivity contribution in [2.24, 2.45) is 5.73 Å². The van der Waals surface area contributed by atoms with Gasteiger partial charge in [-0.15, -0.1) is 0 Å². The fourth-order valence-corrected chi connectivity index (χ4v) is 3.11. The van der Waals surface area contributed by atoms with Crippen molar-refractivity contribution in [3.05, 3.63) is 47.7 Å². The highest BCUT2D eigenvalue weighted by Crippen LogP contribution is 2.27. The highest BCUT2D eigenvalue weighted by Gasteiger charge is 2.30. The van der Waals surface area contributed by atoms with E-state index in [2.05, 4.69) is 4.90 Å². The van der Waals surface area contributed by atoms with Crippen LogP contribution in [0.1, 0.15) is 16.1 Å². The molecule has 1 aromatic heterocycles. The molecule has 0 spiro atoms. The number of carboxylic acid groups (broad SMARTS) is 1. The van der Waals surface area contributed by atoms with Crippen molar-refractivity contribution in [3.8, 4) is 11.3 Å². The highest BCUT2D eigenvalue weighted by atomic mass is 16.4. The highest BCUT2D eigenvalue weighted by molar-refractivity contribution is 5.95. The monoisotopic (exact) mass is 343 g/mol. The van der Waals surface area contributed by atoms with Gasteiger partial charge in [0, 0.05) is 25.2 Å². The Labute approximate surface area is 145 Å². The second-order valence-corrected chi connectivity index (χ2v) is 6.27. The number of piperazine rings is 1. The number of hydrogen-bond acceptors (Lipinski definition) is 5. The Kier molecular flexibility index (Phi) is 4.87. The summed E-state index contributed by atoms with van der Waals surface area (Å²) in [6.07, 6.45) is 0. The molecule has 3 rings (SSSR count). The van der Waals surface area contributed by atoms with Crippen LogP contribution in [-0.4, -0.2) is 59.5 Å². The predicted octanol–water partition coefficient (Wildman–Crippen LogP) is 1.25. The van der Waals surface area contributed by atoms with E-state index in [9.17, 15) is 14.7 Å². The lowest BCUT2D eigenvalue weighted by atomic mass is 10.1. The third-order valence-corrected chi connectivity index (χ3v) is 4.47. The second kappa shape index (κ2) is 7.08. The molecule has 25 heavy (non-hydrogen) atoms. The number of benzene rings is 1. The van der Waals surface area contributed by atoms with Crippen molar-refractivity contribution in [1.82, 2.24) is 9.80 Å². The van der Waals surface area contributed by atoms with Crippen LogP contribution in [0.5, 0.6) is 0 Å². The minimum Gasteiger partial charge on any atom is -0.478 e. The first kappa shape index (κ1) is 17.2. The number of likely N-dealkylation sites (N-methyl/N-ethyl adjacent to an activating group) is 1. The standard InChI is InChI=1S/C18H21N3O4/c1-20-8-9-21(15(11-20)17(19)22)10-12-6-7-16(25-12)13-4-2-3-5-14(13)18(23)24/h2-7,15H,8-11H2,1H3,(H2,19,22)(H,23,24)/t15-/m0/s1. The van der Waals surface area contributed by atoms with Crippen LogP contribution < -0.4 is 5.73 Å². The van der Waals surface area contributed by atoms with Gasteiger partial charge in [0.1, 0.15) is 17.6 Å². The number of furan rings is 1. The van der Waals surface area contributed by atoms with Crippen molar-refractivity contribution in [2.45, 2.75) is 12.6 Å². The molecule has 0 radical (unpaired) electrons. The third-order valence-electron chi connectivity index (χ3n) is 4.47. The molecular formula is C18H21N3O4. The average Bonchev–Trinajstić information content (AvgIpc) is 3.04. The zero-order valence-corrected chi connectivity index (χ0v) is 14.0. The van der Waals surface area contributed by atoms with Crippen LogP contribution in [0.25, 0.3) is 11.3 Å². The Morgan fingerprint density at radius 2 is 2.00 bits per heavy atom. The Balaban J connectivity index is 1.80. The van der Waals surface area contributed by atoms with E-state index in [0.717, 1.165) is 6.54 Å². The molecule has 3 N–H and O–H groups in total. The van der Waals surface area contributed by atoms with Crippen LogP contribution >= 0.6 is 0 Å². The number of amides is 1. The minimum atomic E-state index is -0.999. The molecule has 1 amide bonds. The van der Waals surface area contributed by atoms with Crippen LogP contribution in [0.4, 0.5) is 0 Å². The predicted molar refractivity (Wildman–Crippen MR) is 92.0 cm³/mol. The topological polar surface area (TPSA) is 100 Å². The van der Waals surface area contributed by atoms with Crippen molar-refractivity contribution in [2.75, 3.05) is 26.7 Å². The molecule has 2 heterocycles. The van der Waals surface area contributed by atoms with E-state index in [-0.39, 0.29) is 17.5 Å². The minimum absolute atomic E-state index is 0.193. The summed E-state index contributed by atoms with van der Waals surface area (Å²) in [7, 11) is 1.96. The number of rotatable bonds is 5. The van der Waals surface area contributed by atoms with E-state index in [1.54, 1.807) is 30.3 Å². The lowest BCUT2D eigenvalue weighted by Gasteiger charge is -2.37. The molecule has 2 aromatic rings. The molecule has 0 bridgehead atoms. The van der Waals surface area contributed by atoms with Crippen LogP contribution in [0.3, 0.4) is 0 Å². The van der Waals surface area contributed by atoms with Crippen LogP contribution in [0.2, 0.25) is 0 Å². The van der Waals surface area contributed by atoms with Gasteiger partial charge in [-0.3, -0.25) is 9.69 Å². The molecule has 1 aliphatic rings. The summed E-state index contributed by atoms with van der Waals surface area (Å²) in [4.78, 5) is 27.1. The van der Waals surface area contributed by atoms with Crippen molar-refractivity contribution >= 4 is 11.9 Å². The fraction of sp³-hybridized carbons (Fsp3) is 0.333. The summed E-state index contributed by atoms with van der Waals surface area (Å²) in [5, 5.41) is 9.31. The molecular weight excluding hydrogens is 322 g/mol. The van der Waals surface area contributed by atoms with Crippen LogP contribution in [-0.2, 0) is 11.3 Å². The zero-order valence-electron chi connectivity index (χ0n) is 14.0. The first-order chi connectivity index (χ1) is 12.0. The molecule has 132 valence electrons. The quantitative estimate of drug-likeness (QED) is 0.847. The van der Waals surface area contributed by atoms with Gasteiger partial charge in [-0.1, -0.05) is 18.2 Å². The lowest BCUT2D eigenvalue weighted by Crippen LogP contribution is -2.56. The Bertz CT molecular complexity index is 786. The number of hydrogen-bond donors (Lipinski definition) is 2. The van der Waals surface area contributed by atoms with Gasteiger partial charge in [0.2, 0.25) is 5.91 Å². The number of carboxylic acids is 1. The van der Waals surface area contributed by atoms with Crippen LogP contribution in [0, 0.1) is 0 Å². The normalized spacial score (nSPS) is 19.0. The van der Waals surface area contributed by atoms with Gasteiger partial charge in [-0.2, -0.15) is 0 Å². The van der Waals surface area contributed by atoms with E-state index in [1.165, 1.54) is 0 Å². The van der Waals surface area contributed by atoms with Gasteiger partial charge in [0.25, 0.3) is 0 Å². The zero-order chi connectivity index (χ0) is 18.0. The fourth-order valence-electron chi connectivity index (χ4n) is 3.11. The SMILES string of the molecule is CN1CCN(Cc2ccc(-c3ccccc3C(=O)O)o2)[C@H](C(N)=O)C1. The molecule has 0 aliphatic carbocycles. The maximum atomic E-state index is 11.7. The molecule has 7 heteroatoms. The molecule has 0 saturated carbocycles. The van der Waals surface area contributed by atoms with Crippen molar-refractivity contribution in [3.63, 3.8) is 0 Å². The smallest absolute Gasteiger partial charge is 0.336 e. The van der Waals surface area contributed by atoms with Crippen molar-refractivity contribution in [1.29, 1.82) is 0 Å². The average molecular weight is 343 g/mol. The molecule has 1 saturated heterocycles. The van der Waals surface area contributed by atoms with E-state index in [1.807, 2.05) is 18.0 Å². The summed E-state index contributed by atoms with van der Waals surface area (Å²) in [5.41, 5.74) is 6.25. The first-order valence-corrected chi connectivity index (χ1v) is 8.09. The van der Waals surface area contributed by atoms with Gasteiger partial charge < -0.3 is 20.2 Å². The second-order valence-electron chi connectivity index (χ2n) is 6.27. The Morgan fingerprint density at radius 1 is 1.24 bits per heavy atom. The lowest BCUT2D eigenvalue weighted by molar-refractivity contribution is -0.125. The summed E-state index contributed by atoms with van der Waals surface area (Å²) in [6.45, 7) is 2.60. The van der Waals surface area contributed by atoms with E-state index < -0.39 is 5.97 Å².